The number of ether oxygens (including phenoxy) is 1. The van der Waals surface area contributed by atoms with E-state index < -0.39 is 0 Å². The smallest absolute Gasteiger partial charge is 0.144 e. The molecule has 11 heavy (non-hydrogen) atoms. The molecule has 1 rings (SSSR count). The van der Waals surface area contributed by atoms with Gasteiger partial charge in [-0.15, -0.1) is 0 Å². The molecule has 1 N–H and O–H groups in total. The third kappa shape index (κ3) is 1.40. The van der Waals surface area contributed by atoms with Crippen molar-refractivity contribution in [1.29, 1.82) is 5.41 Å². The van der Waals surface area contributed by atoms with E-state index in [1.54, 1.807) is 7.11 Å². The van der Waals surface area contributed by atoms with Crippen LogP contribution in [0, 0.1) is 5.41 Å². The monoisotopic (exact) mass is 149 g/mol. The van der Waals surface area contributed by atoms with Gasteiger partial charge in [0.1, 0.15) is 11.5 Å². The highest BCUT2D eigenvalue weighted by molar-refractivity contribution is 6.11. The Morgan fingerprint density at radius 2 is 2.09 bits per heavy atom. The molecule has 0 amide bonds. The third-order valence-corrected chi connectivity index (χ3v) is 1.55. The number of nitrogens with one attached hydrogen (secondary N) is 1. The third-order valence-electron chi connectivity index (χ3n) is 1.55. The lowest BCUT2D eigenvalue weighted by molar-refractivity contribution is 0.314. The van der Waals surface area contributed by atoms with Gasteiger partial charge >= 0.3 is 0 Å². The minimum absolute atomic E-state index is 0.373. The molecule has 0 aromatic carbocycles. The molecule has 0 unspecified atom stereocenters. The molecule has 0 spiro atoms. The van der Waals surface area contributed by atoms with E-state index in [4.69, 9.17) is 10.1 Å². The summed E-state index contributed by atoms with van der Waals surface area (Å²) in [5.74, 6) is 0.593. The lowest BCUT2D eigenvalue weighted by Crippen LogP contribution is -2.08. The highest BCUT2D eigenvalue weighted by Crippen LogP contribution is 2.17. The first-order valence-corrected chi connectivity index (χ1v) is 3.37. The average Bonchev–Trinajstić information content (AvgIpc) is 1.96. The molecule has 0 fully saturated rings. The molecule has 1 aliphatic carbocycles. The van der Waals surface area contributed by atoms with Crippen LogP contribution in [0.1, 0.15) is 6.92 Å². The fourth-order valence-electron chi connectivity index (χ4n) is 0.987. The van der Waals surface area contributed by atoms with Gasteiger partial charge in [-0.25, -0.2) is 0 Å². The fraction of sp³-hybridized carbons (Fsp3) is 0.222. The molecule has 0 radical (unpaired) electrons. The van der Waals surface area contributed by atoms with Gasteiger partial charge in [-0.3, -0.25) is 5.41 Å². The van der Waals surface area contributed by atoms with E-state index in [1.807, 2.05) is 19.1 Å². The number of allylic oxidation sites excluding steroid dienone is 4. The van der Waals surface area contributed by atoms with Crippen molar-refractivity contribution in [2.45, 2.75) is 6.92 Å². The van der Waals surface area contributed by atoms with Crippen molar-refractivity contribution in [3.05, 3.63) is 35.6 Å². The van der Waals surface area contributed by atoms with Crippen LogP contribution in [0.4, 0.5) is 0 Å². The van der Waals surface area contributed by atoms with Crippen LogP contribution in [0.2, 0.25) is 0 Å². The van der Waals surface area contributed by atoms with Gasteiger partial charge in [-0.2, -0.15) is 0 Å². The van der Waals surface area contributed by atoms with Crippen LogP contribution in [-0.2, 0) is 4.74 Å². The molecule has 2 nitrogen and oxygen atoms in total. The van der Waals surface area contributed by atoms with Crippen LogP contribution < -0.4 is 0 Å². The van der Waals surface area contributed by atoms with Crippen molar-refractivity contribution in [2.24, 2.45) is 0 Å². The van der Waals surface area contributed by atoms with E-state index in [9.17, 15) is 0 Å². The summed E-state index contributed by atoms with van der Waals surface area (Å²) in [6.07, 6.45) is 3.70. The van der Waals surface area contributed by atoms with Gasteiger partial charge in [0.2, 0.25) is 0 Å². The summed E-state index contributed by atoms with van der Waals surface area (Å²) in [5.41, 5.74) is 2.16. The number of methoxy groups -OCH3 is 1. The summed E-state index contributed by atoms with van der Waals surface area (Å²) in [5, 5.41) is 7.50. The zero-order chi connectivity index (χ0) is 8.43. The molecule has 0 aliphatic heterocycles. The molecule has 0 aromatic heterocycles. The Hall–Kier alpha value is -1.31. The Morgan fingerprint density at radius 3 is 2.64 bits per heavy atom. The lowest BCUT2D eigenvalue weighted by atomic mass is 10.0. The predicted octanol–water partition coefficient (Wildman–Crippen LogP) is 2.05. The van der Waals surface area contributed by atoms with Crippen LogP contribution in [0.15, 0.2) is 35.6 Å². The molecule has 58 valence electrons. The van der Waals surface area contributed by atoms with Crippen molar-refractivity contribution < 1.29 is 4.74 Å². The van der Waals surface area contributed by atoms with E-state index in [0.29, 0.717) is 17.0 Å². The molecule has 0 saturated carbocycles. The topological polar surface area (TPSA) is 33.1 Å². The molecule has 0 aromatic rings. The maximum Gasteiger partial charge on any atom is 0.144 e. The highest BCUT2D eigenvalue weighted by atomic mass is 16.5. The van der Waals surface area contributed by atoms with Crippen LogP contribution in [0.3, 0.4) is 0 Å². The van der Waals surface area contributed by atoms with Gasteiger partial charge in [0.05, 0.1) is 7.11 Å². The standard InChI is InChI=1S/C9H11NO/c1-6-4-7(2)9(10)8(5-6)11-3/h4-5,10H,2H2,1,3H3. The highest BCUT2D eigenvalue weighted by Gasteiger charge is 2.11. The minimum Gasteiger partial charge on any atom is -0.494 e. The van der Waals surface area contributed by atoms with E-state index in [1.165, 1.54) is 0 Å². The first-order valence-electron chi connectivity index (χ1n) is 3.37. The van der Waals surface area contributed by atoms with Gasteiger partial charge < -0.3 is 4.74 Å². The van der Waals surface area contributed by atoms with Crippen molar-refractivity contribution in [1.82, 2.24) is 0 Å². The first-order chi connectivity index (χ1) is 5.15. The van der Waals surface area contributed by atoms with E-state index in [0.717, 1.165) is 5.57 Å². The largest absolute Gasteiger partial charge is 0.494 e. The molecular weight excluding hydrogens is 138 g/mol. The average molecular weight is 149 g/mol. The van der Waals surface area contributed by atoms with E-state index >= 15 is 0 Å². The Bertz CT molecular complexity index is 271. The van der Waals surface area contributed by atoms with E-state index in [-0.39, 0.29) is 0 Å². The zero-order valence-electron chi connectivity index (χ0n) is 6.77. The Morgan fingerprint density at radius 1 is 1.45 bits per heavy atom. The molecule has 2 heteroatoms. The van der Waals surface area contributed by atoms with Crippen LogP contribution >= 0.6 is 0 Å². The summed E-state index contributed by atoms with van der Waals surface area (Å²) >= 11 is 0. The predicted molar refractivity (Wildman–Crippen MR) is 45.7 cm³/mol. The fourth-order valence-corrected chi connectivity index (χ4v) is 0.987. The van der Waals surface area contributed by atoms with Gasteiger partial charge in [-0.05, 0) is 24.1 Å². The maximum atomic E-state index is 7.50. The Labute approximate surface area is 66.4 Å². The molecule has 0 saturated heterocycles. The van der Waals surface area contributed by atoms with Crippen LogP contribution in [-0.4, -0.2) is 12.8 Å². The first kappa shape index (κ1) is 7.79. The molecule has 0 bridgehead atoms. The van der Waals surface area contributed by atoms with Gasteiger partial charge in [0.15, 0.2) is 0 Å². The summed E-state index contributed by atoms with van der Waals surface area (Å²) < 4.78 is 4.98. The number of hydrogen-bond acceptors (Lipinski definition) is 2. The normalized spacial score (nSPS) is 17.6. The summed E-state index contributed by atoms with van der Waals surface area (Å²) in [7, 11) is 1.56. The SMILES string of the molecule is C=C1C=C(C)C=C(OC)C1=N. The van der Waals surface area contributed by atoms with Gasteiger partial charge in [0.25, 0.3) is 0 Å². The lowest BCUT2D eigenvalue weighted by Gasteiger charge is -2.12. The second-order valence-electron chi connectivity index (χ2n) is 2.50. The second kappa shape index (κ2) is 2.74. The quantitative estimate of drug-likeness (QED) is 0.608. The molecular formula is C9H11NO. The number of rotatable bonds is 1. The molecule has 1 aliphatic rings. The summed E-state index contributed by atoms with van der Waals surface area (Å²) in [4.78, 5) is 0. The second-order valence-corrected chi connectivity index (χ2v) is 2.50. The summed E-state index contributed by atoms with van der Waals surface area (Å²) in [6, 6.07) is 0. The molecule has 0 heterocycles. The Kier molecular flexibility index (Phi) is 1.94. The number of hydrogen-bond donors (Lipinski definition) is 1. The van der Waals surface area contributed by atoms with Crippen molar-refractivity contribution in [3.8, 4) is 0 Å². The van der Waals surface area contributed by atoms with Crippen LogP contribution in [0.25, 0.3) is 0 Å². The van der Waals surface area contributed by atoms with Crippen molar-refractivity contribution >= 4 is 5.71 Å². The van der Waals surface area contributed by atoms with Gasteiger partial charge in [-0.1, -0.05) is 12.7 Å². The molecule has 0 atom stereocenters. The Balaban J connectivity index is 3.03. The van der Waals surface area contributed by atoms with Crippen LogP contribution in [0.5, 0.6) is 0 Å². The van der Waals surface area contributed by atoms with Gasteiger partial charge in [0, 0.05) is 0 Å². The van der Waals surface area contributed by atoms with Crippen molar-refractivity contribution in [2.75, 3.05) is 7.11 Å². The van der Waals surface area contributed by atoms with E-state index in [2.05, 4.69) is 6.58 Å². The summed E-state index contributed by atoms with van der Waals surface area (Å²) in [6.45, 7) is 5.68. The van der Waals surface area contributed by atoms with Crippen molar-refractivity contribution in [3.63, 3.8) is 0 Å². The zero-order valence-corrected chi connectivity index (χ0v) is 6.77. The minimum atomic E-state index is 0.373. The maximum absolute atomic E-state index is 7.50.